The van der Waals surface area contributed by atoms with E-state index in [0.29, 0.717) is 12.0 Å². The average Bonchev–Trinajstić information content (AvgIpc) is 2.86. The third-order valence-corrected chi connectivity index (χ3v) is 5.17. The summed E-state index contributed by atoms with van der Waals surface area (Å²) in [6, 6.07) is 15.8. The molecule has 25 heavy (non-hydrogen) atoms. The van der Waals surface area contributed by atoms with E-state index in [4.69, 9.17) is 11.0 Å². The molecule has 5 heteroatoms. The highest BCUT2D eigenvalue weighted by atomic mass is 16.2. The molecular formula is C20H18N4O. The molecule has 0 saturated carbocycles. The molecule has 1 heterocycles. The van der Waals surface area contributed by atoms with Crippen molar-refractivity contribution in [3.05, 3.63) is 59.2 Å². The van der Waals surface area contributed by atoms with E-state index in [1.165, 1.54) is 4.90 Å². The zero-order valence-electron chi connectivity index (χ0n) is 14.0. The number of aryl methyl sites for hydroxylation is 1. The monoisotopic (exact) mass is 330 g/mol. The number of hydrogen-bond acceptors (Lipinski definition) is 4. The van der Waals surface area contributed by atoms with Crippen molar-refractivity contribution in [1.82, 2.24) is 4.90 Å². The molecule has 2 aromatic rings. The lowest BCUT2D eigenvalue weighted by atomic mass is 9.75. The summed E-state index contributed by atoms with van der Waals surface area (Å²) in [7, 11) is 1.67. The van der Waals surface area contributed by atoms with Gasteiger partial charge >= 0.3 is 0 Å². The van der Waals surface area contributed by atoms with Crippen LogP contribution in [0, 0.1) is 11.3 Å². The van der Waals surface area contributed by atoms with Gasteiger partial charge in [-0.15, -0.1) is 0 Å². The molecular weight excluding hydrogens is 312 g/mol. The van der Waals surface area contributed by atoms with E-state index in [0.717, 1.165) is 35.1 Å². The predicted octanol–water partition coefficient (Wildman–Crippen LogP) is 2.54. The number of guanidine groups is 1. The molecule has 2 aliphatic rings. The van der Waals surface area contributed by atoms with Crippen molar-refractivity contribution in [2.75, 3.05) is 7.05 Å². The van der Waals surface area contributed by atoms with Crippen LogP contribution in [0.15, 0.2) is 47.5 Å². The molecule has 2 aromatic carbocycles. The highest BCUT2D eigenvalue weighted by molar-refractivity contribution is 6.07. The Balaban J connectivity index is 1.88. The van der Waals surface area contributed by atoms with Gasteiger partial charge in [-0.1, -0.05) is 24.3 Å². The van der Waals surface area contributed by atoms with Crippen molar-refractivity contribution >= 4 is 11.9 Å². The highest BCUT2D eigenvalue weighted by Gasteiger charge is 2.49. The van der Waals surface area contributed by atoms with Crippen LogP contribution < -0.4 is 5.73 Å². The number of hydrogen-bond donors (Lipinski definition) is 1. The molecule has 1 spiro atoms. The van der Waals surface area contributed by atoms with Crippen LogP contribution in [0.3, 0.4) is 0 Å². The first-order valence-corrected chi connectivity index (χ1v) is 8.32. The second-order valence-corrected chi connectivity index (χ2v) is 6.61. The Morgan fingerprint density at radius 3 is 2.76 bits per heavy atom. The van der Waals surface area contributed by atoms with Crippen LogP contribution in [0.4, 0.5) is 0 Å². The van der Waals surface area contributed by atoms with Crippen molar-refractivity contribution < 1.29 is 4.79 Å². The average molecular weight is 330 g/mol. The van der Waals surface area contributed by atoms with Gasteiger partial charge in [0.15, 0.2) is 11.5 Å². The van der Waals surface area contributed by atoms with Crippen LogP contribution in [0.5, 0.6) is 0 Å². The quantitative estimate of drug-likeness (QED) is 0.872. The van der Waals surface area contributed by atoms with E-state index < -0.39 is 5.54 Å². The van der Waals surface area contributed by atoms with Crippen LogP contribution in [-0.4, -0.2) is 23.8 Å². The minimum absolute atomic E-state index is 0.0612. The first-order chi connectivity index (χ1) is 12.0. The molecule has 1 atom stereocenters. The molecule has 0 saturated heterocycles. The van der Waals surface area contributed by atoms with Gasteiger partial charge in [0, 0.05) is 7.05 Å². The Kier molecular flexibility index (Phi) is 3.36. The number of amides is 1. The Hall–Kier alpha value is -3.13. The molecule has 1 amide bonds. The molecule has 5 nitrogen and oxygen atoms in total. The Labute approximate surface area is 146 Å². The maximum Gasteiger partial charge on any atom is 0.261 e. The summed E-state index contributed by atoms with van der Waals surface area (Å²) in [6.45, 7) is 0. The zero-order chi connectivity index (χ0) is 17.6. The molecule has 4 rings (SSSR count). The highest BCUT2D eigenvalue weighted by Crippen LogP contribution is 2.44. The third-order valence-electron chi connectivity index (χ3n) is 5.17. The second-order valence-electron chi connectivity index (χ2n) is 6.61. The maximum absolute atomic E-state index is 12.9. The summed E-state index contributed by atoms with van der Waals surface area (Å²) in [5, 5.41) is 9.13. The van der Waals surface area contributed by atoms with Crippen LogP contribution in [-0.2, 0) is 16.8 Å². The van der Waals surface area contributed by atoms with Crippen LogP contribution >= 0.6 is 0 Å². The number of carbonyl (C=O) groups excluding carboxylic acids is 1. The SMILES string of the molecule is CN1C(=O)C2(CCCc3ccc(-c4cccc(C#N)c4)cc32)N=C1N. The number of fused-ring (bicyclic) bond motifs is 2. The van der Waals surface area contributed by atoms with Gasteiger partial charge in [0.2, 0.25) is 0 Å². The molecule has 0 radical (unpaired) electrons. The number of nitrogens with two attached hydrogens (primary N) is 1. The van der Waals surface area contributed by atoms with Crippen LogP contribution in [0.25, 0.3) is 11.1 Å². The van der Waals surface area contributed by atoms with Crippen molar-refractivity contribution in [1.29, 1.82) is 5.26 Å². The second kappa shape index (κ2) is 5.45. The number of likely N-dealkylation sites (N-methyl/N-ethyl adjacent to an activating group) is 1. The molecule has 2 N–H and O–H groups in total. The normalized spacial score (nSPS) is 21.8. The molecule has 0 bridgehead atoms. The summed E-state index contributed by atoms with van der Waals surface area (Å²) < 4.78 is 0. The van der Waals surface area contributed by atoms with Gasteiger partial charge in [0.05, 0.1) is 11.6 Å². The molecule has 1 unspecified atom stereocenters. The number of nitriles is 1. The number of benzene rings is 2. The smallest absolute Gasteiger partial charge is 0.261 e. The van der Waals surface area contributed by atoms with Crippen molar-refractivity contribution in [3.63, 3.8) is 0 Å². The largest absolute Gasteiger partial charge is 0.369 e. The van der Waals surface area contributed by atoms with Crippen LogP contribution in [0.2, 0.25) is 0 Å². The molecule has 0 aromatic heterocycles. The Bertz CT molecular complexity index is 956. The van der Waals surface area contributed by atoms with Crippen LogP contribution in [0.1, 0.15) is 29.5 Å². The van der Waals surface area contributed by atoms with E-state index in [1.54, 1.807) is 13.1 Å². The summed E-state index contributed by atoms with van der Waals surface area (Å²) in [5.41, 5.74) is 9.68. The van der Waals surface area contributed by atoms with Crippen molar-refractivity contribution in [2.24, 2.45) is 10.7 Å². The van der Waals surface area contributed by atoms with Gasteiger partial charge in [-0.25, -0.2) is 4.99 Å². The first kappa shape index (κ1) is 15.4. The fraction of sp³-hybridized carbons (Fsp3) is 0.250. The van der Waals surface area contributed by atoms with E-state index in [1.807, 2.05) is 30.3 Å². The number of aliphatic imine (C=N–C) groups is 1. The summed E-state index contributed by atoms with van der Waals surface area (Å²) in [4.78, 5) is 18.9. The van der Waals surface area contributed by atoms with Gasteiger partial charge < -0.3 is 5.73 Å². The zero-order valence-corrected chi connectivity index (χ0v) is 14.0. The van der Waals surface area contributed by atoms with Crippen molar-refractivity contribution in [3.8, 4) is 17.2 Å². The van der Waals surface area contributed by atoms with E-state index in [2.05, 4.69) is 17.1 Å². The molecule has 0 fully saturated rings. The number of rotatable bonds is 1. The topological polar surface area (TPSA) is 82.5 Å². The van der Waals surface area contributed by atoms with E-state index in [9.17, 15) is 4.79 Å². The standard InChI is InChI=1S/C20H18N4O/c1-24-18(25)20(23-19(24)22)9-3-6-14-7-8-16(11-17(14)20)15-5-2-4-13(10-15)12-21/h2,4-5,7-8,10-11H,3,6,9H2,1H3,(H2,22,23). The number of carbonyl (C=O) groups is 1. The van der Waals surface area contributed by atoms with Gasteiger partial charge in [0.1, 0.15) is 0 Å². The maximum atomic E-state index is 12.9. The molecule has 1 aliphatic carbocycles. The fourth-order valence-corrected chi connectivity index (χ4v) is 3.83. The Morgan fingerprint density at radius 2 is 2.04 bits per heavy atom. The molecule has 124 valence electrons. The van der Waals surface area contributed by atoms with Gasteiger partial charge in [-0.3, -0.25) is 9.69 Å². The van der Waals surface area contributed by atoms with Gasteiger partial charge in [-0.05, 0) is 59.7 Å². The summed E-state index contributed by atoms with van der Waals surface area (Å²) in [5.74, 6) is 0.212. The number of nitrogens with zero attached hydrogens (tertiary/aromatic N) is 3. The van der Waals surface area contributed by atoms with E-state index in [-0.39, 0.29) is 11.9 Å². The summed E-state index contributed by atoms with van der Waals surface area (Å²) >= 11 is 0. The predicted molar refractivity (Wildman–Crippen MR) is 95.6 cm³/mol. The first-order valence-electron chi connectivity index (χ1n) is 8.32. The lowest BCUT2D eigenvalue weighted by Crippen LogP contribution is -2.42. The van der Waals surface area contributed by atoms with Gasteiger partial charge in [0.25, 0.3) is 5.91 Å². The fourth-order valence-electron chi connectivity index (χ4n) is 3.83. The lowest BCUT2D eigenvalue weighted by Gasteiger charge is -2.32. The van der Waals surface area contributed by atoms with Gasteiger partial charge in [-0.2, -0.15) is 5.26 Å². The third kappa shape index (κ3) is 2.22. The minimum atomic E-state index is -0.894. The Morgan fingerprint density at radius 1 is 1.24 bits per heavy atom. The van der Waals surface area contributed by atoms with Crippen molar-refractivity contribution in [2.45, 2.75) is 24.8 Å². The molecule has 1 aliphatic heterocycles. The minimum Gasteiger partial charge on any atom is -0.369 e. The lowest BCUT2D eigenvalue weighted by molar-refractivity contribution is -0.131. The van der Waals surface area contributed by atoms with E-state index >= 15 is 0 Å². The summed E-state index contributed by atoms with van der Waals surface area (Å²) in [6.07, 6.45) is 2.51.